The molecular formula is C39H68NO10P. The summed E-state index contributed by atoms with van der Waals surface area (Å²) in [4.78, 5) is 45.7. The minimum absolute atomic E-state index is 0.153. The third-order valence-corrected chi connectivity index (χ3v) is 8.79. The molecule has 294 valence electrons. The third-order valence-electron chi connectivity index (χ3n) is 7.84. The maximum atomic E-state index is 12.5. The monoisotopic (exact) mass is 741 g/mol. The topological polar surface area (TPSA) is 172 Å². The van der Waals surface area contributed by atoms with Crippen molar-refractivity contribution in [3.05, 3.63) is 48.6 Å². The summed E-state index contributed by atoms with van der Waals surface area (Å²) in [5, 5.41) is 8.86. The molecular weight excluding hydrogens is 673 g/mol. The van der Waals surface area contributed by atoms with Gasteiger partial charge in [0.2, 0.25) is 0 Å². The minimum atomic E-state index is -4.72. The molecule has 0 saturated heterocycles. The molecule has 0 aliphatic carbocycles. The van der Waals surface area contributed by atoms with E-state index in [1.165, 1.54) is 51.4 Å². The van der Waals surface area contributed by atoms with Crippen LogP contribution in [0.15, 0.2) is 48.6 Å². The van der Waals surface area contributed by atoms with Gasteiger partial charge in [-0.15, -0.1) is 0 Å². The predicted molar refractivity (Wildman–Crippen MR) is 203 cm³/mol. The molecule has 0 amide bonds. The van der Waals surface area contributed by atoms with E-state index in [0.717, 1.165) is 57.8 Å². The first-order chi connectivity index (χ1) is 24.6. The molecule has 0 aromatic heterocycles. The van der Waals surface area contributed by atoms with Gasteiger partial charge in [-0.1, -0.05) is 133 Å². The molecule has 0 rings (SSSR count). The molecule has 12 heteroatoms. The second-order valence-electron chi connectivity index (χ2n) is 12.7. The van der Waals surface area contributed by atoms with Crippen molar-refractivity contribution in [1.82, 2.24) is 0 Å². The Labute approximate surface area is 307 Å². The minimum Gasteiger partial charge on any atom is -0.480 e. The van der Waals surface area contributed by atoms with Crippen LogP contribution >= 0.6 is 7.82 Å². The Morgan fingerprint density at radius 2 is 1.10 bits per heavy atom. The fourth-order valence-electron chi connectivity index (χ4n) is 4.82. The number of carbonyl (C=O) groups is 3. The molecule has 0 aromatic rings. The van der Waals surface area contributed by atoms with Crippen LogP contribution in [-0.2, 0) is 37.5 Å². The van der Waals surface area contributed by atoms with Gasteiger partial charge in [-0.25, -0.2) is 4.57 Å². The molecule has 0 aromatic carbocycles. The number of ether oxygens (including phenoxy) is 2. The Hall–Kier alpha value is -2.56. The number of carboxylic acid groups (broad SMARTS) is 1. The Kier molecular flexibility index (Phi) is 32.8. The standard InChI is InChI=1S/C39H68NO10P/c1-3-5-7-9-11-13-15-17-18-19-21-22-24-26-28-30-37(41)47-32-35(33-48-51(45,46)49-34-36(40)39(43)44)50-38(42)31-29-27-25-23-20-16-14-12-10-8-6-4-2/h5,7,11,13,17-18,21-22,35-36H,3-4,6,8-10,12,14-16,19-20,23-34,40H2,1-2H3,(H,43,44)(H,45,46)/b7-5-,13-11-,18-17-,22-21-/t35-,36+/m1/s1. The Morgan fingerprint density at radius 1 is 0.627 bits per heavy atom. The number of carbonyl (C=O) groups excluding carboxylic acids is 2. The Morgan fingerprint density at radius 3 is 1.65 bits per heavy atom. The van der Waals surface area contributed by atoms with Crippen molar-refractivity contribution in [3.63, 3.8) is 0 Å². The maximum Gasteiger partial charge on any atom is 0.472 e. The van der Waals surface area contributed by atoms with Gasteiger partial charge in [-0.05, 0) is 51.4 Å². The normalized spacial score (nSPS) is 14.4. The smallest absolute Gasteiger partial charge is 0.472 e. The largest absolute Gasteiger partial charge is 0.480 e. The van der Waals surface area contributed by atoms with Gasteiger partial charge in [-0.3, -0.25) is 23.4 Å². The summed E-state index contributed by atoms with van der Waals surface area (Å²) in [6, 6.07) is -1.53. The van der Waals surface area contributed by atoms with E-state index in [9.17, 15) is 23.8 Å². The van der Waals surface area contributed by atoms with Gasteiger partial charge in [0.05, 0.1) is 13.2 Å². The molecule has 4 N–H and O–H groups in total. The first-order valence-corrected chi connectivity index (χ1v) is 20.7. The van der Waals surface area contributed by atoms with Gasteiger partial charge in [0.1, 0.15) is 12.6 Å². The van der Waals surface area contributed by atoms with Crippen LogP contribution in [0.1, 0.15) is 149 Å². The summed E-state index contributed by atoms with van der Waals surface area (Å²) in [6.07, 6.45) is 36.1. The van der Waals surface area contributed by atoms with E-state index in [1.54, 1.807) is 0 Å². The van der Waals surface area contributed by atoms with Crippen molar-refractivity contribution < 1.29 is 47.5 Å². The van der Waals surface area contributed by atoms with Gasteiger partial charge in [0, 0.05) is 12.8 Å². The lowest BCUT2D eigenvalue weighted by atomic mass is 10.0. The van der Waals surface area contributed by atoms with Crippen LogP contribution in [0.4, 0.5) is 0 Å². The second-order valence-corrected chi connectivity index (χ2v) is 14.1. The Bertz CT molecular complexity index is 1060. The molecule has 1 unspecified atom stereocenters. The van der Waals surface area contributed by atoms with Crippen LogP contribution in [0.2, 0.25) is 0 Å². The van der Waals surface area contributed by atoms with Gasteiger partial charge < -0.3 is 25.2 Å². The SMILES string of the molecule is CC/C=C\C/C=C\C/C=C\C/C=C\CCCCC(=O)OC[C@H](COP(=O)(O)OC[C@H](N)C(=O)O)OC(=O)CCCCCCCCCCCCCC. The van der Waals surface area contributed by atoms with Crippen LogP contribution in [0.5, 0.6) is 0 Å². The lowest BCUT2D eigenvalue weighted by Gasteiger charge is -2.20. The van der Waals surface area contributed by atoms with Crippen molar-refractivity contribution in [3.8, 4) is 0 Å². The number of hydrogen-bond donors (Lipinski definition) is 3. The van der Waals surface area contributed by atoms with Crippen molar-refractivity contribution in [2.45, 2.75) is 161 Å². The van der Waals surface area contributed by atoms with Crippen molar-refractivity contribution in [1.29, 1.82) is 0 Å². The second kappa shape index (κ2) is 34.5. The number of phosphoric ester groups is 1. The van der Waals surface area contributed by atoms with E-state index in [-0.39, 0.29) is 19.4 Å². The van der Waals surface area contributed by atoms with Crippen molar-refractivity contribution in [2.75, 3.05) is 19.8 Å². The number of nitrogens with two attached hydrogens (primary N) is 1. The third kappa shape index (κ3) is 34.3. The molecule has 0 radical (unpaired) electrons. The molecule has 0 heterocycles. The van der Waals surface area contributed by atoms with E-state index in [0.29, 0.717) is 12.8 Å². The number of unbranched alkanes of at least 4 members (excludes halogenated alkanes) is 13. The van der Waals surface area contributed by atoms with E-state index in [1.807, 2.05) is 0 Å². The van der Waals surface area contributed by atoms with Gasteiger partial charge in [-0.2, -0.15) is 0 Å². The summed E-state index contributed by atoms with van der Waals surface area (Å²) in [6.45, 7) is 2.61. The maximum absolute atomic E-state index is 12.5. The zero-order valence-electron chi connectivity index (χ0n) is 31.4. The first-order valence-electron chi connectivity index (χ1n) is 19.2. The van der Waals surface area contributed by atoms with Gasteiger partial charge >= 0.3 is 25.7 Å². The fourth-order valence-corrected chi connectivity index (χ4v) is 5.60. The van der Waals surface area contributed by atoms with Gasteiger partial charge in [0.25, 0.3) is 0 Å². The molecule has 0 bridgehead atoms. The molecule has 3 atom stereocenters. The van der Waals surface area contributed by atoms with Gasteiger partial charge in [0.15, 0.2) is 6.10 Å². The lowest BCUT2D eigenvalue weighted by Crippen LogP contribution is -2.34. The highest BCUT2D eigenvalue weighted by molar-refractivity contribution is 7.47. The Balaban J connectivity index is 4.51. The highest BCUT2D eigenvalue weighted by atomic mass is 31.2. The van der Waals surface area contributed by atoms with Crippen molar-refractivity contribution in [2.24, 2.45) is 5.73 Å². The first kappa shape index (κ1) is 48.4. The lowest BCUT2D eigenvalue weighted by molar-refractivity contribution is -0.161. The summed E-state index contributed by atoms with van der Waals surface area (Å²) < 4.78 is 32.5. The molecule has 0 aliphatic rings. The van der Waals surface area contributed by atoms with Crippen LogP contribution in [0.25, 0.3) is 0 Å². The van der Waals surface area contributed by atoms with E-state index in [2.05, 4.69) is 67.0 Å². The average Bonchev–Trinajstić information content (AvgIpc) is 3.10. The molecule has 11 nitrogen and oxygen atoms in total. The van der Waals surface area contributed by atoms with E-state index < -0.39 is 51.1 Å². The molecule has 51 heavy (non-hydrogen) atoms. The number of carboxylic acids is 1. The molecule has 0 spiro atoms. The quantitative estimate of drug-likeness (QED) is 0.0244. The van der Waals surface area contributed by atoms with Crippen molar-refractivity contribution >= 4 is 25.7 Å². The van der Waals surface area contributed by atoms with Crippen LogP contribution in [-0.4, -0.2) is 59.9 Å². The zero-order valence-corrected chi connectivity index (χ0v) is 32.3. The van der Waals surface area contributed by atoms with Crippen LogP contribution < -0.4 is 5.73 Å². The highest BCUT2D eigenvalue weighted by Crippen LogP contribution is 2.43. The number of esters is 2. The molecule has 0 aliphatic heterocycles. The summed E-state index contributed by atoms with van der Waals surface area (Å²) in [7, 11) is -4.72. The number of phosphoric acid groups is 1. The van der Waals surface area contributed by atoms with Crippen LogP contribution in [0.3, 0.4) is 0 Å². The summed E-state index contributed by atoms with van der Waals surface area (Å²) >= 11 is 0. The zero-order chi connectivity index (χ0) is 37.8. The van der Waals surface area contributed by atoms with Crippen LogP contribution in [0, 0.1) is 0 Å². The number of allylic oxidation sites excluding steroid dienone is 8. The fraction of sp³-hybridized carbons (Fsp3) is 0.718. The predicted octanol–water partition coefficient (Wildman–Crippen LogP) is 9.44. The number of aliphatic carboxylic acids is 1. The summed E-state index contributed by atoms with van der Waals surface area (Å²) in [5.41, 5.74) is 5.31. The summed E-state index contributed by atoms with van der Waals surface area (Å²) in [5.74, 6) is -2.44. The van der Waals surface area contributed by atoms with E-state index >= 15 is 0 Å². The molecule has 0 fully saturated rings. The van der Waals surface area contributed by atoms with E-state index in [4.69, 9.17) is 24.8 Å². The average molecular weight is 742 g/mol. The highest BCUT2D eigenvalue weighted by Gasteiger charge is 2.28. The number of hydrogen-bond acceptors (Lipinski definition) is 9. The molecule has 0 saturated carbocycles. The number of rotatable bonds is 35.